The van der Waals surface area contributed by atoms with Gasteiger partial charge in [-0.2, -0.15) is 0 Å². The normalized spacial score (nSPS) is 11.3. The van der Waals surface area contributed by atoms with Crippen LogP contribution in [0.4, 0.5) is 0 Å². The molecule has 0 aliphatic carbocycles. The number of fused-ring (bicyclic) bond motifs is 2. The fourth-order valence-corrected chi connectivity index (χ4v) is 3.36. The lowest BCUT2D eigenvalue weighted by molar-refractivity contribution is -0.121. The van der Waals surface area contributed by atoms with Crippen LogP contribution in [0.15, 0.2) is 62.8 Å². The smallest absolute Gasteiger partial charge is 0.408 e. The van der Waals surface area contributed by atoms with Gasteiger partial charge in [-0.05, 0) is 31.2 Å². The SMILES string of the molecule is CCn1ccc2ccn(CCNC(=O)Cn3c(=O)oc4ccccc43)c(=O)c21. The van der Waals surface area contributed by atoms with Crippen molar-refractivity contribution in [3.05, 3.63) is 69.7 Å². The number of nitrogens with zero attached hydrogens (tertiary/aromatic N) is 3. The average Bonchev–Trinajstić information content (AvgIpc) is 3.25. The molecule has 0 spiro atoms. The molecule has 4 rings (SSSR count). The fourth-order valence-electron chi connectivity index (χ4n) is 3.36. The van der Waals surface area contributed by atoms with Crippen LogP contribution in [0.3, 0.4) is 0 Å². The van der Waals surface area contributed by atoms with E-state index in [-0.39, 0.29) is 24.6 Å². The maximum absolute atomic E-state index is 12.7. The first-order chi connectivity index (χ1) is 13.6. The van der Waals surface area contributed by atoms with Gasteiger partial charge in [0.05, 0.1) is 5.52 Å². The van der Waals surface area contributed by atoms with E-state index in [9.17, 15) is 14.4 Å². The highest BCUT2D eigenvalue weighted by Gasteiger charge is 2.12. The zero-order valence-electron chi connectivity index (χ0n) is 15.4. The topological polar surface area (TPSA) is 91.2 Å². The van der Waals surface area contributed by atoms with E-state index in [1.807, 2.05) is 29.8 Å². The molecule has 1 N–H and O–H groups in total. The van der Waals surface area contributed by atoms with Gasteiger partial charge in [-0.15, -0.1) is 0 Å². The van der Waals surface area contributed by atoms with Crippen molar-refractivity contribution in [2.45, 2.75) is 26.6 Å². The van der Waals surface area contributed by atoms with Gasteiger partial charge < -0.3 is 18.9 Å². The number of carbonyl (C=O) groups excluding carboxylic acids is 1. The Morgan fingerprint density at radius 3 is 2.61 bits per heavy atom. The standard InChI is InChI=1S/C20H20N4O4/c1-2-22-10-7-14-8-11-23(19(26)18(14)22)12-9-21-17(25)13-24-15-5-3-4-6-16(15)28-20(24)27/h3-8,10-11H,2,9,12-13H2,1H3,(H,21,25). The van der Waals surface area contributed by atoms with Crippen LogP contribution < -0.4 is 16.6 Å². The second kappa shape index (κ2) is 7.22. The Labute approximate surface area is 159 Å². The van der Waals surface area contributed by atoms with Gasteiger partial charge in [0, 0.05) is 37.4 Å². The van der Waals surface area contributed by atoms with E-state index in [2.05, 4.69) is 5.32 Å². The lowest BCUT2D eigenvalue weighted by Gasteiger charge is -2.09. The largest absolute Gasteiger partial charge is 0.420 e. The average molecular weight is 380 g/mol. The second-order valence-corrected chi connectivity index (χ2v) is 6.49. The summed E-state index contributed by atoms with van der Waals surface area (Å²) < 4.78 is 9.90. The molecule has 8 nitrogen and oxygen atoms in total. The zero-order chi connectivity index (χ0) is 19.7. The maximum atomic E-state index is 12.7. The molecule has 0 aliphatic heterocycles. The van der Waals surface area contributed by atoms with Crippen LogP contribution in [-0.4, -0.2) is 26.2 Å². The first-order valence-corrected chi connectivity index (χ1v) is 9.12. The summed E-state index contributed by atoms with van der Waals surface area (Å²) in [5.41, 5.74) is 1.59. The Balaban J connectivity index is 1.44. The van der Waals surface area contributed by atoms with Gasteiger partial charge in [-0.3, -0.25) is 14.2 Å². The molecule has 0 saturated heterocycles. The minimum atomic E-state index is -0.571. The molecular weight excluding hydrogens is 360 g/mol. The summed E-state index contributed by atoms with van der Waals surface area (Å²) in [5, 5.41) is 3.65. The second-order valence-electron chi connectivity index (χ2n) is 6.49. The van der Waals surface area contributed by atoms with E-state index in [1.54, 1.807) is 35.0 Å². The third-order valence-corrected chi connectivity index (χ3v) is 4.78. The zero-order valence-corrected chi connectivity index (χ0v) is 15.4. The molecule has 0 radical (unpaired) electrons. The van der Waals surface area contributed by atoms with Crippen LogP contribution in [0, 0.1) is 0 Å². The van der Waals surface area contributed by atoms with Gasteiger partial charge in [-0.1, -0.05) is 12.1 Å². The van der Waals surface area contributed by atoms with E-state index < -0.39 is 5.76 Å². The predicted octanol–water partition coefficient (Wildman–Crippen LogP) is 1.55. The first kappa shape index (κ1) is 17.8. The Morgan fingerprint density at radius 1 is 1.07 bits per heavy atom. The van der Waals surface area contributed by atoms with Crippen molar-refractivity contribution in [1.82, 2.24) is 19.0 Å². The molecule has 4 aromatic rings. The molecule has 0 fully saturated rings. The van der Waals surface area contributed by atoms with E-state index in [0.29, 0.717) is 29.7 Å². The summed E-state index contributed by atoms with van der Waals surface area (Å²) >= 11 is 0. The van der Waals surface area contributed by atoms with Gasteiger partial charge in [0.25, 0.3) is 5.56 Å². The molecule has 3 heterocycles. The summed E-state index contributed by atoms with van der Waals surface area (Å²) in [6.45, 7) is 3.19. The van der Waals surface area contributed by atoms with E-state index in [1.165, 1.54) is 4.57 Å². The van der Waals surface area contributed by atoms with Crippen molar-refractivity contribution >= 4 is 27.9 Å². The Bertz CT molecular complexity index is 1270. The highest BCUT2D eigenvalue weighted by molar-refractivity contribution is 5.80. The number of oxazole rings is 1. The molecule has 1 aromatic carbocycles. The van der Waals surface area contributed by atoms with Crippen LogP contribution in [0.5, 0.6) is 0 Å². The minimum Gasteiger partial charge on any atom is -0.408 e. The monoisotopic (exact) mass is 380 g/mol. The van der Waals surface area contributed by atoms with Crippen LogP contribution in [-0.2, 0) is 24.4 Å². The molecular formula is C20H20N4O4. The van der Waals surface area contributed by atoms with Crippen molar-refractivity contribution in [1.29, 1.82) is 0 Å². The van der Waals surface area contributed by atoms with Crippen molar-refractivity contribution in [3.63, 3.8) is 0 Å². The number of para-hydroxylation sites is 2. The van der Waals surface area contributed by atoms with Gasteiger partial charge in [-0.25, -0.2) is 4.79 Å². The fraction of sp³-hybridized carbons (Fsp3) is 0.250. The number of carbonyl (C=O) groups is 1. The molecule has 144 valence electrons. The molecule has 0 unspecified atom stereocenters. The highest BCUT2D eigenvalue weighted by atomic mass is 16.4. The Morgan fingerprint density at radius 2 is 1.82 bits per heavy atom. The van der Waals surface area contributed by atoms with Gasteiger partial charge in [0.2, 0.25) is 5.91 Å². The summed E-state index contributed by atoms with van der Waals surface area (Å²) in [5.74, 6) is -0.891. The number of hydrogen-bond acceptors (Lipinski definition) is 4. The molecule has 0 atom stereocenters. The number of pyridine rings is 1. The molecule has 0 bridgehead atoms. The van der Waals surface area contributed by atoms with Crippen molar-refractivity contribution in [2.24, 2.45) is 0 Å². The molecule has 3 aromatic heterocycles. The number of nitrogens with one attached hydrogen (secondary N) is 1. The predicted molar refractivity (Wildman–Crippen MR) is 105 cm³/mol. The lowest BCUT2D eigenvalue weighted by atomic mass is 10.3. The van der Waals surface area contributed by atoms with Crippen LogP contribution >= 0.6 is 0 Å². The molecule has 8 heteroatoms. The summed E-state index contributed by atoms with van der Waals surface area (Å²) in [6, 6.07) is 10.8. The van der Waals surface area contributed by atoms with E-state index in [4.69, 9.17) is 4.42 Å². The number of rotatable bonds is 6. The van der Waals surface area contributed by atoms with E-state index in [0.717, 1.165) is 5.39 Å². The summed E-state index contributed by atoms with van der Waals surface area (Å²) in [7, 11) is 0. The van der Waals surface area contributed by atoms with Crippen LogP contribution in [0.2, 0.25) is 0 Å². The first-order valence-electron chi connectivity index (χ1n) is 9.12. The summed E-state index contributed by atoms with van der Waals surface area (Å²) in [4.78, 5) is 36.9. The maximum Gasteiger partial charge on any atom is 0.420 e. The van der Waals surface area contributed by atoms with E-state index >= 15 is 0 Å². The quantitative estimate of drug-likeness (QED) is 0.549. The minimum absolute atomic E-state index is 0.0874. The van der Waals surface area contributed by atoms with Crippen LogP contribution in [0.25, 0.3) is 22.0 Å². The Kier molecular flexibility index (Phi) is 4.60. The molecule has 0 saturated carbocycles. The Hall–Kier alpha value is -3.55. The molecule has 1 amide bonds. The number of hydrogen-bond donors (Lipinski definition) is 1. The van der Waals surface area contributed by atoms with Crippen molar-refractivity contribution < 1.29 is 9.21 Å². The van der Waals surface area contributed by atoms with Gasteiger partial charge >= 0.3 is 5.76 Å². The van der Waals surface area contributed by atoms with Crippen molar-refractivity contribution in [2.75, 3.05) is 6.54 Å². The third kappa shape index (κ3) is 3.13. The van der Waals surface area contributed by atoms with Crippen molar-refractivity contribution in [3.8, 4) is 0 Å². The highest BCUT2D eigenvalue weighted by Crippen LogP contribution is 2.12. The third-order valence-electron chi connectivity index (χ3n) is 4.78. The molecule has 28 heavy (non-hydrogen) atoms. The van der Waals surface area contributed by atoms with Crippen LogP contribution in [0.1, 0.15) is 6.92 Å². The number of aromatic nitrogens is 3. The number of aryl methyl sites for hydroxylation is 1. The lowest BCUT2D eigenvalue weighted by Crippen LogP contribution is -2.34. The summed E-state index contributed by atoms with van der Waals surface area (Å²) in [6.07, 6.45) is 3.62. The molecule has 0 aliphatic rings. The number of benzene rings is 1. The van der Waals surface area contributed by atoms with Gasteiger partial charge in [0.15, 0.2) is 5.58 Å². The number of amides is 1. The van der Waals surface area contributed by atoms with Gasteiger partial charge in [0.1, 0.15) is 12.1 Å².